The lowest BCUT2D eigenvalue weighted by atomic mass is 10.0. The number of pyridine rings is 1. The minimum absolute atomic E-state index is 0.000868. The van der Waals surface area contributed by atoms with Crippen molar-refractivity contribution in [2.45, 2.75) is 12.4 Å². The third-order valence-corrected chi connectivity index (χ3v) is 4.14. The van der Waals surface area contributed by atoms with Crippen molar-refractivity contribution in [3.8, 4) is 11.4 Å². The molecule has 13 heteroatoms. The van der Waals surface area contributed by atoms with Crippen molar-refractivity contribution < 1.29 is 31.1 Å². The van der Waals surface area contributed by atoms with E-state index in [4.69, 9.17) is 17.3 Å². The van der Waals surface area contributed by atoms with Crippen LogP contribution in [0.2, 0.25) is 5.15 Å². The van der Waals surface area contributed by atoms with E-state index >= 15 is 0 Å². The molecule has 3 aromatic rings. The van der Waals surface area contributed by atoms with Gasteiger partial charge in [0.1, 0.15) is 11.5 Å². The number of hydrogen-bond donors (Lipinski definition) is 1. The number of halogens is 7. The molecule has 0 aliphatic heterocycles. The van der Waals surface area contributed by atoms with Crippen LogP contribution in [0, 0.1) is 0 Å². The maximum absolute atomic E-state index is 13.0. The van der Waals surface area contributed by atoms with Crippen LogP contribution in [-0.2, 0) is 17.1 Å². The Hall–Kier alpha value is -3.41. The average molecular weight is 462 g/mol. The predicted octanol–water partition coefficient (Wildman–Crippen LogP) is 4.51. The Morgan fingerprint density at radius 1 is 1.00 bits per heavy atom. The predicted molar refractivity (Wildman–Crippen MR) is 98.1 cm³/mol. The minimum atomic E-state index is -5.01. The molecular formula is C18H10ClF6N5O. The van der Waals surface area contributed by atoms with Crippen LogP contribution in [0.25, 0.3) is 23.2 Å². The van der Waals surface area contributed by atoms with Crippen molar-refractivity contribution in [3.63, 3.8) is 0 Å². The number of carbonyl (C=O) groups is 1. The van der Waals surface area contributed by atoms with Gasteiger partial charge >= 0.3 is 12.4 Å². The van der Waals surface area contributed by atoms with Gasteiger partial charge in [0.05, 0.1) is 16.7 Å². The Morgan fingerprint density at radius 3 is 2.10 bits per heavy atom. The molecule has 3 rings (SSSR count). The normalized spacial score (nSPS) is 12.8. The highest BCUT2D eigenvalue weighted by Gasteiger charge is 2.37. The first-order valence-corrected chi connectivity index (χ1v) is 8.57. The number of carbonyl (C=O) groups excluding carboxylic acids is 1. The van der Waals surface area contributed by atoms with Gasteiger partial charge in [-0.25, -0.2) is 14.6 Å². The topological polar surface area (TPSA) is 86.7 Å². The number of nitrogens with zero attached hydrogens (tertiary/aromatic N) is 4. The second kappa shape index (κ2) is 8.02. The Bertz CT molecular complexity index is 1120. The molecule has 2 aromatic heterocycles. The van der Waals surface area contributed by atoms with Gasteiger partial charge in [-0.1, -0.05) is 11.6 Å². The van der Waals surface area contributed by atoms with Crippen LogP contribution in [0.5, 0.6) is 0 Å². The Labute approximate surface area is 175 Å². The number of aromatic nitrogens is 4. The van der Waals surface area contributed by atoms with E-state index in [1.54, 1.807) is 0 Å². The average Bonchev–Trinajstić information content (AvgIpc) is 3.14. The second-order valence-corrected chi connectivity index (χ2v) is 6.51. The van der Waals surface area contributed by atoms with Gasteiger partial charge in [0, 0.05) is 23.5 Å². The Morgan fingerprint density at radius 2 is 1.61 bits per heavy atom. The Kier molecular flexibility index (Phi) is 5.77. The van der Waals surface area contributed by atoms with E-state index in [-0.39, 0.29) is 22.4 Å². The van der Waals surface area contributed by atoms with E-state index in [0.29, 0.717) is 12.1 Å². The number of primary amides is 1. The van der Waals surface area contributed by atoms with Gasteiger partial charge < -0.3 is 5.73 Å². The molecule has 6 nitrogen and oxygen atoms in total. The molecule has 1 amide bonds. The summed E-state index contributed by atoms with van der Waals surface area (Å²) in [5, 5.41) is 3.99. The SMILES string of the molecule is NC(=O)/C(=C/n1cnc(-c2cc(C(F)(F)F)cc(C(F)(F)F)c2)n1)c1ccc(Cl)nc1. The highest BCUT2D eigenvalue weighted by Crippen LogP contribution is 2.38. The quantitative estimate of drug-likeness (QED) is 0.352. The minimum Gasteiger partial charge on any atom is -0.366 e. The van der Waals surface area contributed by atoms with Crippen LogP contribution in [0.15, 0.2) is 42.9 Å². The van der Waals surface area contributed by atoms with Crippen LogP contribution < -0.4 is 5.73 Å². The van der Waals surface area contributed by atoms with Crippen molar-refractivity contribution in [2.75, 3.05) is 0 Å². The molecule has 0 spiro atoms. The van der Waals surface area contributed by atoms with Crippen molar-refractivity contribution in [1.82, 2.24) is 19.7 Å². The summed E-state index contributed by atoms with van der Waals surface area (Å²) in [6.45, 7) is 0. The molecule has 0 aliphatic rings. The molecule has 0 saturated heterocycles. The van der Waals surface area contributed by atoms with E-state index < -0.39 is 40.8 Å². The molecule has 0 aliphatic carbocycles. The van der Waals surface area contributed by atoms with Crippen LogP contribution in [0.1, 0.15) is 16.7 Å². The highest BCUT2D eigenvalue weighted by molar-refractivity contribution is 6.29. The smallest absolute Gasteiger partial charge is 0.366 e. The first kappa shape index (κ1) is 22.3. The maximum Gasteiger partial charge on any atom is 0.416 e. The van der Waals surface area contributed by atoms with Crippen molar-refractivity contribution >= 4 is 29.3 Å². The summed E-state index contributed by atoms with van der Waals surface area (Å²) >= 11 is 5.68. The van der Waals surface area contributed by atoms with Crippen molar-refractivity contribution in [2.24, 2.45) is 5.73 Å². The molecule has 0 atom stereocenters. The van der Waals surface area contributed by atoms with Gasteiger partial charge in [0.2, 0.25) is 0 Å². The maximum atomic E-state index is 13.0. The first-order chi connectivity index (χ1) is 14.3. The molecule has 1 aromatic carbocycles. The fraction of sp³-hybridized carbons (Fsp3) is 0.111. The van der Waals surface area contributed by atoms with Crippen LogP contribution in [0.3, 0.4) is 0 Å². The third kappa shape index (κ3) is 5.20. The largest absolute Gasteiger partial charge is 0.416 e. The first-order valence-electron chi connectivity index (χ1n) is 8.19. The summed E-state index contributed by atoms with van der Waals surface area (Å²) in [5.74, 6) is -1.31. The van der Waals surface area contributed by atoms with Gasteiger partial charge in [0.25, 0.3) is 5.91 Å². The number of hydrogen-bond acceptors (Lipinski definition) is 4. The van der Waals surface area contributed by atoms with E-state index in [2.05, 4.69) is 15.1 Å². The number of amides is 1. The zero-order chi connectivity index (χ0) is 23.0. The van der Waals surface area contributed by atoms with Crippen LogP contribution >= 0.6 is 11.6 Å². The fourth-order valence-corrected chi connectivity index (χ4v) is 2.61. The highest BCUT2D eigenvalue weighted by atomic mass is 35.5. The van der Waals surface area contributed by atoms with Crippen LogP contribution in [0.4, 0.5) is 26.3 Å². The molecule has 2 N–H and O–H groups in total. The monoisotopic (exact) mass is 461 g/mol. The summed E-state index contributed by atoms with van der Waals surface area (Å²) in [6, 6.07) is 3.82. The summed E-state index contributed by atoms with van der Waals surface area (Å²) in [4.78, 5) is 19.3. The van der Waals surface area contributed by atoms with E-state index in [0.717, 1.165) is 17.2 Å². The zero-order valence-corrected chi connectivity index (χ0v) is 15.8. The van der Waals surface area contributed by atoms with Gasteiger partial charge in [-0.3, -0.25) is 4.79 Å². The summed E-state index contributed by atoms with van der Waals surface area (Å²) in [5.41, 5.74) is 1.97. The molecular weight excluding hydrogens is 452 g/mol. The molecule has 2 heterocycles. The standard InChI is InChI=1S/C18H10ClF6N5O/c19-14-2-1-9(6-27-14)13(15(26)31)7-30-8-28-16(29-30)10-3-11(17(20,21)22)5-12(4-10)18(23,24)25/h1-8H,(H2,26,31)/b13-7+. The molecule has 0 unspecified atom stereocenters. The molecule has 0 saturated carbocycles. The fourth-order valence-electron chi connectivity index (χ4n) is 2.50. The summed E-state index contributed by atoms with van der Waals surface area (Å²) in [6.07, 6.45) is -6.69. The summed E-state index contributed by atoms with van der Waals surface area (Å²) in [7, 11) is 0. The lowest BCUT2D eigenvalue weighted by molar-refractivity contribution is -0.143. The Balaban J connectivity index is 2.06. The van der Waals surface area contributed by atoms with E-state index in [9.17, 15) is 31.1 Å². The molecule has 0 fully saturated rings. The number of alkyl halides is 6. The summed E-state index contributed by atoms with van der Waals surface area (Å²) < 4.78 is 79.2. The second-order valence-electron chi connectivity index (χ2n) is 6.12. The van der Waals surface area contributed by atoms with E-state index in [1.807, 2.05) is 0 Å². The van der Waals surface area contributed by atoms with Gasteiger partial charge in [-0.05, 0) is 30.3 Å². The number of rotatable bonds is 4. The molecule has 0 radical (unpaired) electrons. The molecule has 31 heavy (non-hydrogen) atoms. The van der Waals surface area contributed by atoms with Gasteiger partial charge in [0.15, 0.2) is 5.82 Å². The molecule has 0 bridgehead atoms. The lowest BCUT2D eigenvalue weighted by Gasteiger charge is -2.13. The molecule has 162 valence electrons. The van der Waals surface area contributed by atoms with Gasteiger partial charge in [-0.2, -0.15) is 26.3 Å². The van der Waals surface area contributed by atoms with Crippen LogP contribution in [-0.4, -0.2) is 25.7 Å². The zero-order valence-electron chi connectivity index (χ0n) is 15.0. The van der Waals surface area contributed by atoms with Gasteiger partial charge in [-0.15, -0.1) is 5.10 Å². The van der Waals surface area contributed by atoms with Crippen molar-refractivity contribution in [1.29, 1.82) is 0 Å². The van der Waals surface area contributed by atoms with E-state index in [1.165, 1.54) is 18.3 Å². The van der Waals surface area contributed by atoms with Crippen molar-refractivity contribution in [3.05, 3.63) is 64.7 Å². The number of nitrogens with two attached hydrogens (primary N) is 1. The number of benzene rings is 1. The lowest BCUT2D eigenvalue weighted by Crippen LogP contribution is -2.14. The third-order valence-electron chi connectivity index (χ3n) is 3.92.